The van der Waals surface area contributed by atoms with Gasteiger partial charge in [-0.2, -0.15) is 4.98 Å². The lowest BCUT2D eigenvalue weighted by Crippen LogP contribution is -2.24. The van der Waals surface area contributed by atoms with Gasteiger partial charge in [0.05, 0.1) is 6.20 Å². The summed E-state index contributed by atoms with van der Waals surface area (Å²) in [7, 11) is 1.76. The second-order valence-corrected chi connectivity index (χ2v) is 6.92. The maximum absolute atomic E-state index is 12.3. The minimum atomic E-state index is -0.808. The number of fused-ring (bicyclic) bond motifs is 1. The maximum atomic E-state index is 12.3. The summed E-state index contributed by atoms with van der Waals surface area (Å²) < 4.78 is 0. The number of aromatic nitrogens is 4. The number of H-pyrrole nitrogens is 1. The predicted molar refractivity (Wildman–Crippen MR) is 115 cm³/mol. The molecule has 3 rings (SSSR count). The Balaban J connectivity index is 1.61. The molecule has 162 valence electrons. The fraction of sp³-hybridized carbons (Fsp3) is 0.300. The summed E-state index contributed by atoms with van der Waals surface area (Å²) in [4.78, 5) is 51.3. The number of nitrogens with two attached hydrogens (primary N) is 1. The van der Waals surface area contributed by atoms with E-state index in [4.69, 9.17) is 10.8 Å². The third kappa shape index (κ3) is 5.53. The Bertz CT molecular complexity index is 1140. The van der Waals surface area contributed by atoms with E-state index in [1.165, 1.54) is 6.20 Å². The van der Waals surface area contributed by atoms with Crippen LogP contribution < -0.4 is 21.5 Å². The van der Waals surface area contributed by atoms with Crippen molar-refractivity contribution in [2.24, 2.45) is 0 Å². The quantitative estimate of drug-likeness (QED) is 0.371. The van der Waals surface area contributed by atoms with Gasteiger partial charge in [-0.25, -0.2) is 9.97 Å². The van der Waals surface area contributed by atoms with Crippen molar-refractivity contribution in [3.63, 3.8) is 0 Å². The van der Waals surface area contributed by atoms with E-state index in [1.54, 1.807) is 36.2 Å². The van der Waals surface area contributed by atoms with E-state index in [0.29, 0.717) is 24.3 Å². The minimum Gasteiger partial charge on any atom is -0.481 e. The zero-order valence-corrected chi connectivity index (χ0v) is 17.0. The lowest BCUT2D eigenvalue weighted by Gasteiger charge is -2.18. The molecule has 11 nitrogen and oxygen atoms in total. The number of benzene rings is 1. The lowest BCUT2D eigenvalue weighted by atomic mass is 10.1. The second kappa shape index (κ2) is 9.65. The minimum absolute atomic E-state index is 0.0259. The number of carboxylic acids is 1. The van der Waals surface area contributed by atoms with Crippen LogP contribution in [0.15, 0.2) is 35.3 Å². The Labute approximate surface area is 177 Å². The molecule has 11 heteroatoms. The SMILES string of the molecule is CN(c1ccc(C(=O)NCCCCCC(=O)O)cc1)c1cnc2nc(N)[nH]c(=O)c2n1. The summed E-state index contributed by atoms with van der Waals surface area (Å²) in [5.74, 6) is -0.602. The first kappa shape index (κ1) is 21.7. The van der Waals surface area contributed by atoms with Gasteiger partial charge in [-0.3, -0.25) is 19.4 Å². The van der Waals surface area contributed by atoms with Gasteiger partial charge in [0.15, 0.2) is 17.0 Å². The summed E-state index contributed by atoms with van der Waals surface area (Å²) in [5, 5.41) is 11.4. The van der Waals surface area contributed by atoms with Gasteiger partial charge in [0, 0.05) is 31.3 Å². The van der Waals surface area contributed by atoms with E-state index in [2.05, 4.69) is 25.3 Å². The number of carboxylic acid groups (broad SMARTS) is 1. The van der Waals surface area contributed by atoms with Crippen LogP contribution in [0, 0.1) is 0 Å². The molecule has 0 atom stereocenters. The van der Waals surface area contributed by atoms with Gasteiger partial charge in [0.25, 0.3) is 11.5 Å². The van der Waals surface area contributed by atoms with Crippen LogP contribution in [0.5, 0.6) is 0 Å². The first-order valence-electron chi connectivity index (χ1n) is 9.71. The number of carbonyl (C=O) groups is 2. The molecule has 2 heterocycles. The molecule has 0 bridgehead atoms. The number of hydrogen-bond donors (Lipinski definition) is 4. The molecular weight excluding hydrogens is 402 g/mol. The van der Waals surface area contributed by atoms with E-state index in [0.717, 1.165) is 18.5 Å². The topological polar surface area (TPSA) is 167 Å². The molecular formula is C20H23N7O4. The third-order valence-corrected chi connectivity index (χ3v) is 4.64. The largest absolute Gasteiger partial charge is 0.481 e. The zero-order valence-electron chi connectivity index (χ0n) is 17.0. The Hall–Kier alpha value is -4.02. The summed E-state index contributed by atoms with van der Waals surface area (Å²) in [6, 6.07) is 6.91. The number of amides is 1. The maximum Gasteiger partial charge on any atom is 0.303 e. The molecule has 0 aliphatic carbocycles. The van der Waals surface area contributed by atoms with Crippen molar-refractivity contribution in [3.05, 3.63) is 46.4 Å². The van der Waals surface area contributed by atoms with E-state index in [1.807, 2.05) is 0 Å². The number of nitrogen functional groups attached to an aromatic ring is 1. The Kier molecular flexibility index (Phi) is 6.75. The normalized spacial score (nSPS) is 10.7. The van der Waals surface area contributed by atoms with Crippen molar-refractivity contribution in [1.29, 1.82) is 0 Å². The van der Waals surface area contributed by atoms with Gasteiger partial charge >= 0.3 is 5.97 Å². The molecule has 0 fully saturated rings. The molecule has 0 saturated heterocycles. The first-order valence-corrected chi connectivity index (χ1v) is 9.71. The molecule has 0 saturated carbocycles. The summed E-state index contributed by atoms with van der Waals surface area (Å²) in [5.41, 5.74) is 6.54. The van der Waals surface area contributed by atoms with E-state index in [-0.39, 0.29) is 29.4 Å². The van der Waals surface area contributed by atoms with Crippen molar-refractivity contribution in [1.82, 2.24) is 25.3 Å². The fourth-order valence-electron chi connectivity index (χ4n) is 2.94. The number of carbonyl (C=O) groups excluding carboxylic acids is 1. The van der Waals surface area contributed by atoms with Crippen molar-refractivity contribution >= 4 is 40.5 Å². The van der Waals surface area contributed by atoms with Crippen LogP contribution in [-0.2, 0) is 4.79 Å². The number of rotatable bonds is 9. The number of hydrogen-bond acceptors (Lipinski definition) is 8. The van der Waals surface area contributed by atoms with Gasteiger partial charge in [-0.1, -0.05) is 6.42 Å². The second-order valence-electron chi connectivity index (χ2n) is 6.92. The number of unbranched alkanes of at least 4 members (excludes halogenated alkanes) is 2. The van der Waals surface area contributed by atoms with Gasteiger partial charge in [0.1, 0.15) is 0 Å². The molecule has 0 spiro atoms. The molecule has 1 amide bonds. The van der Waals surface area contributed by atoms with Crippen molar-refractivity contribution < 1.29 is 14.7 Å². The number of nitrogens with one attached hydrogen (secondary N) is 2. The fourth-order valence-corrected chi connectivity index (χ4v) is 2.94. The molecule has 3 aromatic rings. The highest BCUT2D eigenvalue weighted by Gasteiger charge is 2.12. The molecule has 31 heavy (non-hydrogen) atoms. The standard InChI is InChI=1S/C20H23N7O4/c1-27(14-11-23-17-16(24-14)19(31)26-20(21)25-17)13-8-6-12(7-9-13)18(30)22-10-4-2-3-5-15(28)29/h6-9,11H,2-5,10H2,1H3,(H,22,30)(H,28,29)(H3,21,23,25,26,31). The van der Waals surface area contributed by atoms with Crippen LogP contribution in [-0.4, -0.2) is 50.5 Å². The van der Waals surface area contributed by atoms with Crippen molar-refractivity contribution in [2.45, 2.75) is 25.7 Å². The first-order chi connectivity index (χ1) is 14.8. The molecule has 5 N–H and O–H groups in total. The highest BCUT2D eigenvalue weighted by Crippen LogP contribution is 2.22. The van der Waals surface area contributed by atoms with Crippen LogP contribution >= 0.6 is 0 Å². The van der Waals surface area contributed by atoms with E-state index >= 15 is 0 Å². The van der Waals surface area contributed by atoms with E-state index < -0.39 is 11.5 Å². The van der Waals surface area contributed by atoms with Crippen LogP contribution in [0.25, 0.3) is 11.2 Å². The molecule has 0 aliphatic rings. The van der Waals surface area contributed by atoms with Crippen LogP contribution in [0.2, 0.25) is 0 Å². The summed E-state index contributed by atoms with van der Waals surface area (Å²) in [6.07, 6.45) is 3.69. The molecule has 0 radical (unpaired) electrons. The average molecular weight is 425 g/mol. The van der Waals surface area contributed by atoms with Crippen molar-refractivity contribution in [2.75, 3.05) is 24.2 Å². The van der Waals surface area contributed by atoms with Crippen LogP contribution in [0.3, 0.4) is 0 Å². The average Bonchev–Trinajstić information content (AvgIpc) is 2.75. The predicted octanol–water partition coefficient (Wildman–Crippen LogP) is 1.44. The van der Waals surface area contributed by atoms with Gasteiger partial charge in [-0.15, -0.1) is 0 Å². The molecule has 2 aromatic heterocycles. The smallest absolute Gasteiger partial charge is 0.303 e. The number of aromatic amines is 1. The molecule has 1 aromatic carbocycles. The number of nitrogens with zero attached hydrogens (tertiary/aromatic N) is 4. The molecule has 0 unspecified atom stereocenters. The Morgan fingerprint density at radius 3 is 2.61 bits per heavy atom. The monoisotopic (exact) mass is 425 g/mol. The zero-order chi connectivity index (χ0) is 22.4. The summed E-state index contributed by atoms with van der Waals surface area (Å²) in [6.45, 7) is 0.486. The van der Waals surface area contributed by atoms with Gasteiger partial charge < -0.3 is 21.1 Å². The third-order valence-electron chi connectivity index (χ3n) is 4.64. The highest BCUT2D eigenvalue weighted by molar-refractivity contribution is 5.94. The highest BCUT2D eigenvalue weighted by atomic mass is 16.4. The van der Waals surface area contributed by atoms with Crippen LogP contribution in [0.1, 0.15) is 36.0 Å². The van der Waals surface area contributed by atoms with Crippen LogP contribution in [0.4, 0.5) is 17.5 Å². The number of anilines is 3. The Morgan fingerprint density at radius 2 is 1.90 bits per heavy atom. The lowest BCUT2D eigenvalue weighted by molar-refractivity contribution is -0.137. The number of aliphatic carboxylic acids is 1. The summed E-state index contributed by atoms with van der Waals surface area (Å²) >= 11 is 0. The van der Waals surface area contributed by atoms with Crippen molar-refractivity contribution in [3.8, 4) is 0 Å². The van der Waals surface area contributed by atoms with Gasteiger partial charge in [-0.05, 0) is 37.1 Å². The Morgan fingerprint density at radius 1 is 1.16 bits per heavy atom. The van der Waals surface area contributed by atoms with E-state index in [9.17, 15) is 14.4 Å². The van der Waals surface area contributed by atoms with Gasteiger partial charge in [0.2, 0.25) is 5.95 Å². The molecule has 0 aliphatic heterocycles.